The number of hydrogen-bond acceptors (Lipinski definition) is 2. The lowest BCUT2D eigenvalue weighted by Gasteiger charge is -2.37. The van der Waals surface area contributed by atoms with Gasteiger partial charge in [-0.3, -0.25) is 0 Å². The van der Waals surface area contributed by atoms with E-state index in [9.17, 15) is 0 Å². The Hall–Kier alpha value is -0.0800. The highest BCUT2D eigenvalue weighted by Crippen LogP contribution is 2.34. The van der Waals surface area contributed by atoms with Crippen LogP contribution in [0.3, 0.4) is 0 Å². The molecule has 2 heteroatoms. The van der Waals surface area contributed by atoms with Crippen molar-refractivity contribution in [2.45, 2.75) is 57.0 Å². The molecule has 3 aliphatic rings. The van der Waals surface area contributed by atoms with Crippen LogP contribution in [0.1, 0.15) is 44.9 Å². The quantitative estimate of drug-likeness (QED) is 0.724. The van der Waals surface area contributed by atoms with Crippen molar-refractivity contribution in [1.82, 2.24) is 10.6 Å². The Bertz CT molecular complexity index is 199. The van der Waals surface area contributed by atoms with E-state index in [1.54, 1.807) is 0 Å². The first-order chi connectivity index (χ1) is 7.43. The molecule has 1 saturated heterocycles. The maximum absolute atomic E-state index is 3.80. The van der Waals surface area contributed by atoms with Crippen molar-refractivity contribution in [2.75, 3.05) is 13.1 Å². The summed E-state index contributed by atoms with van der Waals surface area (Å²) in [6, 6.07) is 1.57. The van der Waals surface area contributed by atoms with Gasteiger partial charge in [0.2, 0.25) is 0 Å². The molecule has 2 atom stereocenters. The van der Waals surface area contributed by atoms with Crippen molar-refractivity contribution in [2.24, 2.45) is 11.8 Å². The summed E-state index contributed by atoms with van der Waals surface area (Å²) >= 11 is 0. The standard InChI is InChI=1S/C13H24N2/c1-2-4-10(5-3-1)12-8-15-13(9-14-12)11-6-7-11/h10-15H,1-9H2. The van der Waals surface area contributed by atoms with Crippen molar-refractivity contribution in [1.29, 1.82) is 0 Å². The van der Waals surface area contributed by atoms with Crippen LogP contribution in [-0.4, -0.2) is 25.2 Å². The molecule has 2 unspecified atom stereocenters. The Balaban J connectivity index is 1.47. The summed E-state index contributed by atoms with van der Waals surface area (Å²) < 4.78 is 0. The molecule has 0 bridgehead atoms. The lowest BCUT2D eigenvalue weighted by atomic mass is 9.83. The van der Waals surface area contributed by atoms with Gasteiger partial charge in [-0.2, -0.15) is 0 Å². The van der Waals surface area contributed by atoms with Gasteiger partial charge in [0, 0.05) is 25.2 Å². The van der Waals surface area contributed by atoms with Gasteiger partial charge >= 0.3 is 0 Å². The molecule has 3 fully saturated rings. The summed E-state index contributed by atoms with van der Waals surface area (Å²) in [4.78, 5) is 0. The summed E-state index contributed by atoms with van der Waals surface area (Å²) in [6.45, 7) is 2.46. The molecule has 1 aliphatic heterocycles. The summed E-state index contributed by atoms with van der Waals surface area (Å²) in [5, 5.41) is 7.56. The highest BCUT2D eigenvalue weighted by molar-refractivity contribution is 4.94. The molecule has 0 radical (unpaired) electrons. The lowest BCUT2D eigenvalue weighted by molar-refractivity contribution is 0.216. The van der Waals surface area contributed by atoms with Crippen LogP contribution in [0, 0.1) is 11.8 Å². The van der Waals surface area contributed by atoms with E-state index in [0.29, 0.717) is 0 Å². The molecule has 86 valence electrons. The fourth-order valence-electron chi connectivity index (χ4n) is 3.40. The van der Waals surface area contributed by atoms with Crippen LogP contribution in [0.5, 0.6) is 0 Å². The maximum Gasteiger partial charge on any atom is 0.0221 e. The Labute approximate surface area is 93.2 Å². The number of rotatable bonds is 2. The van der Waals surface area contributed by atoms with Crippen LogP contribution >= 0.6 is 0 Å². The number of hydrogen-bond donors (Lipinski definition) is 2. The van der Waals surface area contributed by atoms with Crippen molar-refractivity contribution in [3.8, 4) is 0 Å². The van der Waals surface area contributed by atoms with Crippen LogP contribution in [0.2, 0.25) is 0 Å². The van der Waals surface area contributed by atoms with E-state index < -0.39 is 0 Å². The number of piperazine rings is 1. The molecule has 0 aromatic rings. The lowest BCUT2D eigenvalue weighted by Crippen LogP contribution is -2.57. The average Bonchev–Trinajstić information content (AvgIpc) is 3.15. The summed E-state index contributed by atoms with van der Waals surface area (Å²) in [7, 11) is 0. The Morgan fingerprint density at radius 2 is 1.13 bits per heavy atom. The van der Waals surface area contributed by atoms with Gasteiger partial charge in [0.15, 0.2) is 0 Å². The molecule has 3 rings (SSSR count). The first kappa shape index (κ1) is 10.1. The largest absolute Gasteiger partial charge is 0.311 e. The first-order valence-corrected chi connectivity index (χ1v) is 6.90. The third-order valence-electron chi connectivity index (χ3n) is 4.61. The molecule has 2 saturated carbocycles. The smallest absolute Gasteiger partial charge is 0.0221 e. The monoisotopic (exact) mass is 208 g/mol. The fourth-order valence-corrected chi connectivity index (χ4v) is 3.40. The maximum atomic E-state index is 3.80. The van der Waals surface area contributed by atoms with Crippen molar-refractivity contribution < 1.29 is 0 Å². The van der Waals surface area contributed by atoms with E-state index in [-0.39, 0.29) is 0 Å². The minimum atomic E-state index is 0.778. The molecule has 15 heavy (non-hydrogen) atoms. The zero-order chi connectivity index (χ0) is 10.1. The molecule has 2 N–H and O–H groups in total. The normalized spacial score (nSPS) is 39.2. The van der Waals surface area contributed by atoms with E-state index in [1.165, 1.54) is 58.0 Å². The predicted molar refractivity (Wildman–Crippen MR) is 62.9 cm³/mol. The molecule has 1 heterocycles. The van der Waals surface area contributed by atoms with Crippen molar-refractivity contribution in [3.05, 3.63) is 0 Å². The molecule has 2 aliphatic carbocycles. The van der Waals surface area contributed by atoms with Crippen LogP contribution in [-0.2, 0) is 0 Å². The molecule has 0 spiro atoms. The Morgan fingerprint density at radius 1 is 0.600 bits per heavy atom. The van der Waals surface area contributed by atoms with Crippen LogP contribution in [0.4, 0.5) is 0 Å². The second-order valence-electron chi connectivity index (χ2n) is 5.77. The van der Waals surface area contributed by atoms with Gasteiger partial charge in [0.05, 0.1) is 0 Å². The highest BCUT2D eigenvalue weighted by atomic mass is 15.1. The van der Waals surface area contributed by atoms with Gasteiger partial charge in [0.1, 0.15) is 0 Å². The fraction of sp³-hybridized carbons (Fsp3) is 1.00. The number of nitrogens with one attached hydrogen (secondary N) is 2. The Morgan fingerprint density at radius 3 is 1.60 bits per heavy atom. The van der Waals surface area contributed by atoms with Gasteiger partial charge in [-0.1, -0.05) is 19.3 Å². The minimum Gasteiger partial charge on any atom is -0.311 e. The highest BCUT2D eigenvalue weighted by Gasteiger charge is 2.35. The molecule has 0 aromatic heterocycles. The zero-order valence-electron chi connectivity index (χ0n) is 9.67. The van der Waals surface area contributed by atoms with Crippen molar-refractivity contribution in [3.63, 3.8) is 0 Å². The van der Waals surface area contributed by atoms with E-state index in [0.717, 1.165) is 23.9 Å². The van der Waals surface area contributed by atoms with Gasteiger partial charge in [-0.25, -0.2) is 0 Å². The average molecular weight is 208 g/mol. The minimum absolute atomic E-state index is 0.778. The third-order valence-corrected chi connectivity index (χ3v) is 4.61. The van der Waals surface area contributed by atoms with Crippen molar-refractivity contribution >= 4 is 0 Å². The van der Waals surface area contributed by atoms with E-state index in [2.05, 4.69) is 10.6 Å². The summed E-state index contributed by atoms with van der Waals surface area (Å²) in [5.74, 6) is 1.97. The van der Waals surface area contributed by atoms with Crippen LogP contribution in [0.15, 0.2) is 0 Å². The predicted octanol–water partition coefficient (Wildman–Crippen LogP) is 1.91. The molecule has 0 aromatic carbocycles. The second kappa shape index (κ2) is 4.42. The summed E-state index contributed by atoms with van der Waals surface area (Å²) in [5.41, 5.74) is 0. The summed E-state index contributed by atoms with van der Waals surface area (Å²) in [6.07, 6.45) is 10.3. The molecule has 0 amide bonds. The van der Waals surface area contributed by atoms with Crippen LogP contribution < -0.4 is 10.6 Å². The molecular weight excluding hydrogens is 184 g/mol. The van der Waals surface area contributed by atoms with Gasteiger partial charge in [-0.05, 0) is 37.5 Å². The van der Waals surface area contributed by atoms with Gasteiger partial charge < -0.3 is 10.6 Å². The Kier molecular flexibility index (Phi) is 2.98. The topological polar surface area (TPSA) is 24.1 Å². The second-order valence-corrected chi connectivity index (χ2v) is 5.77. The first-order valence-electron chi connectivity index (χ1n) is 6.90. The molecular formula is C13H24N2. The van der Waals surface area contributed by atoms with Gasteiger partial charge in [0.25, 0.3) is 0 Å². The molecule has 2 nitrogen and oxygen atoms in total. The SMILES string of the molecule is C1CCC(C2CNC(C3CC3)CN2)CC1. The van der Waals surface area contributed by atoms with E-state index >= 15 is 0 Å². The third kappa shape index (κ3) is 2.36. The zero-order valence-corrected chi connectivity index (χ0v) is 9.67. The van der Waals surface area contributed by atoms with E-state index in [4.69, 9.17) is 0 Å². The van der Waals surface area contributed by atoms with E-state index in [1.807, 2.05) is 0 Å². The van der Waals surface area contributed by atoms with Gasteiger partial charge in [-0.15, -0.1) is 0 Å². The van der Waals surface area contributed by atoms with Crippen LogP contribution in [0.25, 0.3) is 0 Å².